The number of rotatable bonds is 4. The molecule has 1 N–H and O–H groups in total. The van der Waals surface area contributed by atoms with Crippen molar-refractivity contribution in [1.29, 1.82) is 0 Å². The zero-order chi connectivity index (χ0) is 17.1. The first-order valence-corrected chi connectivity index (χ1v) is 8.26. The predicted molar refractivity (Wildman–Crippen MR) is 101 cm³/mol. The van der Waals surface area contributed by atoms with Crippen molar-refractivity contribution in [3.63, 3.8) is 0 Å². The minimum Gasteiger partial charge on any atom is -0.385 e. The van der Waals surface area contributed by atoms with Gasteiger partial charge in [-0.1, -0.05) is 72.8 Å². The maximum Gasteiger partial charge on any atom is 0.157 e. The number of nitrogens with one attached hydrogen (secondary N) is 1. The average Bonchev–Trinajstić information content (AvgIpc) is 3.14. The molecule has 0 saturated carbocycles. The molecule has 4 rings (SSSR count). The first-order chi connectivity index (χ1) is 12.4. The lowest BCUT2D eigenvalue weighted by Gasteiger charge is -2.03. The molecule has 3 aromatic carbocycles. The zero-order valence-corrected chi connectivity index (χ0v) is 14.1. The van der Waals surface area contributed by atoms with E-state index in [1.54, 1.807) is 0 Å². The highest BCUT2D eigenvalue weighted by molar-refractivity contribution is 6.09. The number of aromatic amines is 1. The summed E-state index contributed by atoms with van der Waals surface area (Å²) in [4.78, 5) is 8.28. The van der Waals surface area contributed by atoms with Crippen LogP contribution in [0.2, 0.25) is 0 Å². The monoisotopic (exact) mass is 346 g/mol. The normalized spacial score (nSPS) is 10.6. The second kappa shape index (κ2) is 6.83. The van der Waals surface area contributed by atoms with Gasteiger partial charge in [0.2, 0.25) is 0 Å². The van der Waals surface area contributed by atoms with E-state index in [0.29, 0.717) is 11.6 Å². The molecule has 25 heavy (non-hydrogen) atoms. The van der Waals surface area contributed by atoms with Crippen molar-refractivity contribution in [3.8, 4) is 39.7 Å². The van der Waals surface area contributed by atoms with E-state index in [-0.39, 0.29) is 0 Å². The molecule has 0 aliphatic carbocycles. The van der Waals surface area contributed by atoms with Crippen LogP contribution in [-0.2, 0) is 0 Å². The Bertz CT molecular complexity index is 924. The van der Waals surface area contributed by atoms with Gasteiger partial charge in [-0.3, -0.25) is 0 Å². The molecular formula is C21H15ClN2O. The first-order valence-electron chi connectivity index (χ1n) is 7.95. The van der Waals surface area contributed by atoms with E-state index in [1.165, 1.54) is 0 Å². The Morgan fingerprint density at radius 2 is 1.32 bits per heavy atom. The van der Waals surface area contributed by atoms with Crippen molar-refractivity contribution in [2.45, 2.75) is 0 Å². The van der Waals surface area contributed by atoms with Crippen LogP contribution in [0.1, 0.15) is 0 Å². The number of hydrogen-bond donors (Lipinski definition) is 1. The van der Waals surface area contributed by atoms with Crippen LogP contribution in [-0.4, -0.2) is 9.97 Å². The summed E-state index contributed by atoms with van der Waals surface area (Å²) in [5.74, 6) is 1.28. The third-order valence-corrected chi connectivity index (χ3v) is 4.21. The molecule has 4 heteroatoms. The van der Waals surface area contributed by atoms with Gasteiger partial charge in [-0.2, -0.15) is 0 Å². The topological polar surface area (TPSA) is 37.9 Å². The quantitative estimate of drug-likeness (QED) is 0.496. The van der Waals surface area contributed by atoms with Gasteiger partial charge < -0.3 is 9.27 Å². The standard InChI is InChI=1S/C21H15ClN2O/c22-25-18-14-8-7-13-17(18)21-23-19(15-9-3-1-4-10-15)20(24-21)16-11-5-2-6-12-16/h1-14H,(H,23,24). The molecular weight excluding hydrogens is 332 g/mol. The predicted octanol–water partition coefficient (Wildman–Crippen LogP) is 5.94. The number of hydrogen-bond acceptors (Lipinski definition) is 2. The molecule has 122 valence electrons. The maximum absolute atomic E-state index is 5.62. The second-order valence-electron chi connectivity index (χ2n) is 5.61. The molecule has 1 heterocycles. The van der Waals surface area contributed by atoms with Gasteiger partial charge in [0, 0.05) is 11.1 Å². The SMILES string of the molecule is ClOc1ccccc1-c1nc(-c2ccccc2)c(-c2ccccc2)[nH]1. The summed E-state index contributed by atoms with van der Waals surface area (Å²) in [7, 11) is 0. The van der Waals surface area contributed by atoms with Crippen molar-refractivity contribution in [3.05, 3.63) is 84.9 Å². The number of imidazole rings is 1. The number of aromatic nitrogens is 2. The van der Waals surface area contributed by atoms with E-state index in [2.05, 4.69) is 29.2 Å². The number of halogens is 1. The van der Waals surface area contributed by atoms with Crippen molar-refractivity contribution in [2.75, 3.05) is 0 Å². The largest absolute Gasteiger partial charge is 0.385 e. The van der Waals surface area contributed by atoms with Gasteiger partial charge in [0.1, 0.15) is 17.7 Å². The Morgan fingerprint density at radius 1 is 0.720 bits per heavy atom. The molecule has 0 saturated heterocycles. The molecule has 0 amide bonds. The van der Waals surface area contributed by atoms with Crippen molar-refractivity contribution < 1.29 is 4.29 Å². The number of benzene rings is 3. The first kappa shape index (κ1) is 15.5. The molecule has 0 spiro atoms. The van der Waals surface area contributed by atoms with Crippen molar-refractivity contribution in [1.82, 2.24) is 9.97 Å². The van der Waals surface area contributed by atoms with Crippen LogP contribution < -0.4 is 4.29 Å². The Kier molecular flexibility index (Phi) is 4.23. The lowest BCUT2D eigenvalue weighted by molar-refractivity contribution is 0.621. The highest BCUT2D eigenvalue weighted by atomic mass is 35.5. The number of nitrogens with zero attached hydrogens (tertiary/aromatic N) is 1. The van der Waals surface area contributed by atoms with Crippen LogP contribution in [0.5, 0.6) is 5.75 Å². The van der Waals surface area contributed by atoms with E-state index in [1.807, 2.05) is 60.7 Å². The van der Waals surface area contributed by atoms with Gasteiger partial charge in [-0.15, -0.1) is 0 Å². The molecule has 1 aromatic heterocycles. The van der Waals surface area contributed by atoms with Crippen LogP contribution >= 0.6 is 11.9 Å². The van der Waals surface area contributed by atoms with Crippen molar-refractivity contribution >= 4 is 11.9 Å². The molecule has 0 fully saturated rings. The summed E-state index contributed by atoms with van der Waals surface area (Å²) in [6, 6.07) is 27.8. The highest BCUT2D eigenvalue weighted by Gasteiger charge is 2.17. The summed E-state index contributed by atoms with van der Waals surface area (Å²) >= 11 is 5.62. The minimum atomic E-state index is 0.567. The van der Waals surface area contributed by atoms with E-state index < -0.39 is 0 Å². The van der Waals surface area contributed by atoms with Gasteiger partial charge in [-0.05, 0) is 12.1 Å². The van der Waals surface area contributed by atoms with Gasteiger partial charge in [0.05, 0.1) is 17.0 Å². The van der Waals surface area contributed by atoms with Gasteiger partial charge in [0.25, 0.3) is 0 Å². The van der Waals surface area contributed by atoms with Crippen LogP contribution in [0.15, 0.2) is 84.9 Å². The molecule has 4 aromatic rings. The van der Waals surface area contributed by atoms with Crippen molar-refractivity contribution in [2.24, 2.45) is 0 Å². The Hall–Kier alpha value is -3.04. The number of H-pyrrole nitrogens is 1. The summed E-state index contributed by atoms with van der Waals surface area (Å²) in [5.41, 5.74) is 4.80. The Labute approximate surface area is 151 Å². The zero-order valence-electron chi connectivity index (χ0n) is 13.3. The number of para-hydroxylation sites is 1. The van der Waals surface area contributed by atoms with Crippen LogP contribution in [0, 0.1) is 0 Å². The van der Waals surface area contributed by atoms with E-state index in [0.717, 1.165) is 28.1 Å². The summed E-state index contributed by atoms with van der Waals surface area (Å²) in [6.07, 6.45) is 0. The third-order valence-electron chi connectivity index (χ3n) is 4.04. The smallest absolute Gasteiger partial charge is 0.157 e. The molecule has 3 nitrogen and oxygen atoms in total. The van der Waals surface area contributed by atoms with E-state index in [4.69, 9.17) is 21.1 Å². The third kappa shape index (κ3) is 3.02. The second-order valence-corrected chi connectivity index (χ2v) is 5.77. The average molecular weight is 347 g/mol. The summed E-state index contributed by atoms with van der Waals surface area (Å²) in [6.45, 7) is 0. The minimum absolute atomic E-state index is 0.567. The van der Waals surface area contributed by atoms with E-state index >= 15 is 0 Å². The molecule has 0 aliphatic heterocycles. The lowest BCUT2D eigenvalue weighted by atomic mass is 10.1. The molecule has 0 bridgehead atoms. The molecule has 0 aliphatic rings. The van der Waals surface area contributed by atoms with Crippen LogP contribution in [0.3, 0.4) is 0 Å². The summed E-state index contributed by atoms with van der Waals surface area (Å²) < 4.78 is 4.97. The lowest BCUT2D eigenvalue weighted by Crippen LogP contribution is -1.85. The van der Waals surface area contributed by atoms with Gasteiger partial charge >= 0.3 is 0 Å². The van der Waals surface area contributed by atoms with E-state index in [9.17, 15) is 0 Å². The highest BCUT2D eigenvalue weighted by Crippen LogP contribution is 2.35. The van der Waals surface area contributed by atoms with Gasteiger partial charge in [0.15, 0.2) is 5.75 Å². The maximum atomic E-state index is 5.62. The fraction of sp³-hybridized carbons (Fsp3) is 0. The fourth-order valence-electron chi connectivity index (χ4n) is 2.85. The summed E-state index contributed by atoms with van der Waals surface area (Å²) in [5, 5.41) is 0. The van der Waals surface area contributed by atoms with Crippen LogP contribution in [0.25, 0.3) is 33.9 Å². The Balaban J connectivity index is 1.93. The Morgan fingerprint density at radius 3 is 2.00 bits per heavy atom. The van der Waals surface area contributed by atoms with Crippen LogP contribution in [0.4, 0.5) is 0 Å². The fourth-order valence-corrected chi connectivity index (χ4v) is 2.98. The molecule has 0 radical (unpaired) electrons. The molecule has 0 atom stereocenters. The van der Waals surface area contributed by atoms with Gasteiger partial charge in [-0.25, -0.2) is 4.98 Å². The molecule has 0 unspecified atom stereocenters.